The average Bonchev–Trinajstić information content (AvgIpc) is 3.27. The largest absolute Gasteiger partial charge is 1.00 e. The fraction of sp³-hybridized carbons (Fsp3) is 0.318. The summed E-state index contributed by atoms with van der Waals surface area (Å²) in [6, 6.07) is 20.1. The van der Waals surface area contributed by atoms with Crippen LogP contribution in [-0.4, -0.2) is 15.6 Å². The SMILES string of the molecule is CC1CC(Cc2ccc(-n3ccnc3)cc2)C(Nc2ccccc2)C1.[H+]. The van der Waals surface area contributed by atoms with Crippen molar-refractivity contribution in [3.63, 3.8) is 0 Å². The van der Waals surface area contributed by atoms with Crippen LogP contribution in [-0.2, 0) is 6.42 Å². The predicted octanol–water partition coefficient (Wildman–Crippen LogP) is 5.05. The second kappa shape index (κ2) is 7.14. The van der Waals surface area contributed by atoms with Crippen LogP contribution in [0, 0.1) is 11.8 Å². The molecule has 0 spiro atoms. The summed E-state index contributed by atoms with van der Waals surface area (Å²) < 4.78 is 2.04. The van der Waals surface area contributed by atoms with E-state index in [-0.39, 0.29) is 1.43 Å². The molecule has 2 aromatic carbocycles. The number of rotatable bonds is 5. The van der Waals surface area contributed by atoms with Crippen molar-refractivity contribution in [2.24, 2.45) is 11.8 Å². The summed E-state index contributed by atoms with van der Waals surface area (Å²) in [5, 5.41) is 3.76. The fourth-order valence-corrected chi connectivity index (χ4v) is 4.07. The van der Waals surface area contributed by atoms with E-state index in [1.54, 1.807) is 0 Å². The van der Waals surface area contributed by atoms with Gasteiger partial charge in [0.15, 0.2) is 0 Å². The summed E-state index contributed by atoms with van der Waals surface area (Å²) in [6.07, 6.45) is 9.33. The molecular formula is C22H26N3+. The first kappa shape index (κ1) is 15.9. The molecule has 1 N–H and O–H groups in total. The molecule has 1 saturated carbocycles. The monoisotopic (exact) mass is 332 g/mol. The number of hydrogen-bond donors (Lipinski definition) is 1. The molecule has 1 aromatic heterocycles. The first-order valence-corrected chi connectivity index (χ1v) is 9.17. The Kier molecular flexibility index (Phi) is 4.55. The van der Waals surface area contributed by atoms with Gasteiger partial charge in [0.05, 0.1) is 6.33 Å². The van der Waals surface area contributed by atoms with Gasteiger partial charge in [-0.25, -0.2) is 4.98 Å². The molecule has 0 aliphatic heterocycles. The van der Waals surface area contributed by atoms with E-state index in [0.29, 0.717) is 12.0 Å². The van der Waals surface area contributed by atoms with Gasteiger partial charge in [0.2, 0.25) is 0 Å². The molecule has 0 amide bonds. The standard InChI is InChI=1S/C22H25N3/c1-17-13-19(22(14-17)24-20-5-3-2-4-6-20)15-18-7-9-21(10-8-18)25-12-11-23-16-25/h2-12,16-17,19,22,24H,13-15H2,1H3/p+1. The minimum Gasteiger partial charge on any atom is -0.382 e. The zero-order valence-corrected chi connectivity index (χ0v) is 14.7. The van der Waals surface area contributed by atoms with Gasteiger partial charge in [0.25, 0.3) is 0 Å². The second-order valence-corrected chi connectivity index (χ2v) is 7.29. The highest BCUT2D eigenvalue weighted by Crippen LogP contribution is 2.35. The lowest BCUT2D eigenvalue weighted by Gasteiger charge is -2.22. The highest BCUT2D eigenvalue weighted by Gasteiger charge is 2.31. The van der Waals surface area contributed by atoms with Crippen molar-refractivity contribution in [3.05, 3.63) is 78.9 Å². The Morgan fingerprint density at radius 3 is 2.60 bits per heavy atom. The fourth-order valence-electron chi connectivity index (χ4n) is 4.07. The van der Waals surface area contributed by atoms with E-state index >= 15 is 0 Å². The summed E-state index contributed by atoms with van der Waals surface area (Å²) in [5.74, 6) is 1.48. The molecular weight excluding hydrogens is 306 g/mol. The van der Waals surface area contributed by atoms with Gasteiger partial charge in [-0.1, -0.05) is 37.3 Å². The lowest BCUT2D eigenvalue weighted by Crippen LogP contribution is -2.25. The quantitative estimate of drug-likeness (QED) is 0.708. The van der Waals surface area contributed by atoms with Crippen LogP contribution in [0.4, 0.5) is 5.69 Å². The molecule has 128 valence electrons. The number of hydrogen-bond acceptors (Lipinski definition) is 2. The number of anilines is 1. The highest BCUT2D eigenvalue weighted by molar-refractivity contribution is 5.44. The zero-order chi connectivity index (χ0) is 17.1. The molecule has 0 radical (unpaired) electrons. The smallest absolute Gasteiger partial charge is 0.382 e. The summed E-state index contributed by atoms with van der Waals surface area (Å²) in [6.45, 7) is 2.38. The van der Waals surface area contributed by atoms with Crippen molar-refractivity contribution < 1.29 is 1.43 Å². The molecule has 3 nitrogen and oxygen atoms in total. The van der Waals surface area contributed by atoms with Crippen molar-refractivity contribution in [1.29, 1.82) is 0 Å². The van der Waals surface area contributed by atoms with Crippen LogP contribution in [0.25, 0.3) is 5.69 Å². The Labute approximate surface area is 151 Å². The number of aromatic nitrogens is 2. The molecule has 0 saturated heterocycles. The summed E-state index contributed by atoms with van der Waals surface area (Å²) in [7, 11) is 0. The van der Waals surface area contributed by atoms with Crippen molar-refractivity contribution >= 4 is 5.69 Å². The van der Waals surface area contributed by atoms with E-state index < -0.39 is 0 Å². The van der Waals surface area contributed by atoms with Gasteiger partial charge in [-0.05, 0) is 60.9 Å². The van der Waals surface area contributed by atoms with Crippen LogP contribution in [0.2, 0.25) is 0 Å². The Balaban J connectivity index is 0.00000196. The molecule has 3 unspecified atom stereocenters. The minimum absolute atomic E-state index is 0. The molecule has 0 bridgehead atoms. The molecule has 4 rings (SSSR count). The van der Waals surface area contributed by atoms with Crippen LogP contribution < -0.4 is 5.32 Å². The van der Waals surface area contributed by atoms with Gasteiger partial charge in [0.1, 0.15) is 0 Å². The molecule has 3 atom stereocenters. The van der Waals surface area contributed by atoms with Crippen LogP contribution in [0.3, 0.4) is 0 Å². The topological polar surface area (TPSA) is 29.9 Å². The average molecular weight is 332 g/mol. The molecule has 1 heterocycles. The van der Waals surface area contributed by atoms with E-state index in [4.69, 9.17) is 0 Å². The Morgan fingerprint density at radius 2 is 1.88 bits per heavy atom. The number of nitrogens with zero attached hydrogens (tertiary/aromatic N) is 2. The normalized spacial score (nSPS) is 22.8. The lowest BCUT2D eigenvalue weighted by molar-refractivity contribution is 0.490. The molecule has 1 aliphatic carbocycles. The van der Waals surface area contributed by atoms with E-state index in [2.05, 4.69) is 71.8 Å². The first-order chi connectivity index (χ1) is 12.3. The van der Waals surface area contributed by atoms with Crippen molar-refractivity contribution in [2.45, 2.75) is 32.2 Å². The maximum atomic E-state index is 4.12. The van der Waals surface area contributed by atoms with Crippen molar-refractivity contribution in [2.75, 3.05) is 5.32 Å². The van der Waals surface area contributed by atoms with Gasteiger partial charge < -0.3 is 9.88 Å². The molecule has 1 aliphatic rings. The first-order valence-electron chi connectivity index (χ1n) is 9.17. The third-order valence-corrected chi connectivity index (χ3v) is 5.29. The molecule has 1 fully saturated rings. The number of para-hydroxylation sites is 1. The Morgan fingerprint density at radius 1 is 1.08 bits per heavy atom. The van der Waals surface area contributed by atoms with Crippen LogP contribution in [0.1, 0.15) is 26.8 Å². The number of nitrogens with one attached hydrogen (secondary N) is 1. The van der Waals surface area contributed by atoms with E-state index in [9.17, 15) is 0 Å². The summed E-state index contributed by atoms with van der Waals surface area (Å²) in [5.41, 5.74) is 3.82. The Hall–Kier alpha value is -2.55. The number of imidazole rings is 1. The van der Waals surface area contributed by atoms with Gasteiger partial charge >= 0.3 is 1.43 Å². The third kappa shape index (κ3) is 3.76. The van der Waals surface area contributed by atoms with Gasteiger partial charge in [-0.15, -0.1) is 0 Å². The van der Waals surface area contributed by atoms with E-state index in [1.807, 2.05) is 23.3 Å². The van der Waals surface area contributed by atoms with Gasteiger partial charge in [0, 0.05) is 29.8 Å². The summed E-state index contributed by atoms with van der Waals surface area (Å²) in [4.78, 5) is 4.12. The molecule has 3 heteroatoms. The zero-order valence-electron chi connectivity index (χ0n) is 15.7. The minimum atomic E-state index is 0. The Bertz CT molecular complexity index is 784. The third-order valence-electron chi connectivity index (χ3n) is 5.29. The van der Waals surface area contributed by atoms with Gasteiger partial charge in [-0.3, -0.25) is 0 Å². The maximum Gasteiger partial charge on any atom is 1.00 e. The van der Waals surface area contributed by atoms with Gasteiger partial charge in [-0.2, -0.15) is 0 Å². The second-order valence-electron chi connectivity index (χ2n) is 7.29. The van der Waals surface area contributed by atoms with Crippen molar-refractivity contribution in [1.82, 2.24) is 9.55 Å². The van der Waals surface area contributed by atoms with Crippen molar-refractivity contribution in [3.8, 4) is 5.69 Å². The van der Waals surface area contributed by atoms with E-state index in [1.165, 1.54) is 29.8 Å². The predicted molar refractivity (Wildman–Crippen MR) is 104 cm³/mol. The molecule has 3 aromatic rings. The number of benzene rings is 2. The summed E-state index contributed by atoms with van der Waals surface area (Å²) >= 11 is 0. The highest BCUT2D eigenvalue weighted by atomic mass is 15.0. The lowest BCUT2D eigenvalue weighted by atomic mass is 9.94. The van der Waals surface area contributed by atoms with Crippen LogP contribution in [0.5, 0.6) is 0 Å². The maximum absolute atomic E-state index is 4.12. The van der Waals surface area contributed by atoms with Crippen LogP contribution >= 0.6 is 0 Å². The molecule has 25 heavy (non-hydrogen) atoms. The van der Waals surface area contributed by atoms with Crippen LogP contribution in [0.15, 0.2) is 73.3 Å². The van der Waals surface area contributed by atoms with E-state index in [0.717, 1.165) is 12.3 Å².